The van der Waals surface area contributed by atoms with Crippen molar-refractivity contribution in [1.29, 1.82) is 0 Å². The molecule has 25 aromatic rings. The Morgan fingerprint density at radius 2 is 0.400 bits per heavy atom. The van der Waals surface area contributed by atoms with Crippen molar-refractivity contribution in [2.75, 3.05) is 0 Å². The van der Waals surface area contributed by atoms with Gasteiger partial charge in [0, 0.05) is 120 Å². The number of nitrogens with zero attached hydrogens (tertiary/aromatic N) is 11. The van der Waals surface area contributed by atoms with E-state index < -0.39 is 0 Å². The Morgan fingerprint density at radius 3 is 0.754 bits per heavy atom. The third-order valence-electron chi connectivity index (χ3n) is 24.2. The molecule has 0 bridgehead atoms. The van der Waals surface area contributed by atoms with Gasteiger partial charge in [0.25, 0.3) is 0 Å². The lowest BCUT2D eigenvalue weighted by atomic mass is 10.0. The van der Waals surface area contributed by atoms with E-state index in [2.05, 4.69) is 323 Å². The second kappa shape index (κ2) is 34.0. The first-order valence-corrected chi connectivity index (χ1v) is 44.3. The molecule has 12 heteroatoms. The van der Waals surface area contributed by atoms with Crippen molar-refractivity contribution in [3.05, 3.63) is 467 Å². The molecule has 0 spiro atoms. The maximum Gasteiger partial charge on any atom is 0.164 e. The van der Waals surface area contributed by atoms with Crippen molar-refractivity contribution >= 4 is 96.9 Å². The highest BCUT2D eigenvalue weighted by atomic mass is 32.1. The molecule has 0 saturated heterocycles. The predicted molar refractivity (Wildman–Crippen MR) is 537 cm³/mol. The van der Waals surface area contributed by atoms with Crippen molar-refractivity contribution in [1.82, 2.24) is 53.6 Å². The minimum absolute atomic E-state index is 0.645. The van der Waals surface area contributed by atoms with Crippen LogP contribution < -0.4 is 0 Å². The van der Waals surface area contributed by atoms with Gasteiger partial charge in [-0.05, 0) is 138 Å². The fourth-order valence-electron chi connectivity index (χ4n) is 17.9. The quantitative estimate of drug-likeness (QED) is 0.106. The Balaban J connectivity index is 0.000000112. The van der Waals surface area contributed by atoms with E-state index in [4.69, 9.17) is 39.9 Å². The summed E-state index contributed by atoms with van der Waals surface area (Å²) in [6.45, 7) is 0. The summed E-state index contributed by atoms with van der Waals surface area (Å²) in [6, 6.07) is 163. The highest BCUT2D eigenvalue weighted by Gasteiger charge is 2.22. The number of para-hydroxylation sites is 5. The number of hydrogen-bond acceptors (Lipinski definition) is 9. The topological polar surface area (TPSA) is 118 Å². The zero-order chi connectivity index (χ0) is 86.2. The van der Waals surface area contributed by atoms with Crippen LogP contribution in [0.3, 0.4) is 0 Å². The molecular formula is C118H77N11S. The Kier molecular flexibility index (Phi) is 20.2. The molecule has 0 N–H and O–H groups in total. The third-order valence-corrected chi connectivity index (χ3v) is 25.4. The van der Waals surface area contributed by atoms with Gasteiger partial charge in [-0.15, -0.1) is 11.3 Å². The summed E-state index contributed by atoms with van der Waals surface area (Å²) in [5, 5.41) is 10.1. The highest BCUT2D eigenvalue weighted by Crippen LogP contribution is 2.44. The number of rotatable bonds is 14. The standard InChI is InChI=1S/C45H28N4S.C40H27N3.C33H22N4/c1-3-12-29(13-4-1)43-46-44(30-14-5-2-6-15-30)48-45(47-43)31-22-25-33(26-23-31)49-39-20-9-7-16-35(39)38-28-32(24-27-40(38)49)34-18-11-19-37-36-17-8-10-21-41(36)50-42(34)37;1-3-11-30(12-4-1)36-27-37(31-13-5-2-6-14-31)42-40(41-36)32-21-19-28(20-22-32)29-23-25-33(26-24-29)43-38-17-9-7-15-34(38)35-16-8-10-18-39(35)43;1-3-11-23(12-4-1)31-34-32(24-13-5-2-6-14-24)36-33(35-31)25-19-21-26(22-20-25)37-29-17-9-7-15-27(29)28-16-8-10-18-30(28)37/h1-28H;1-27H;1-22H. The lowest BCUT2D eigenvalue weighted by molar-refractivity contribution is 1.07. The van der Waals surface area contributed by atoms with Crippen LogP contribution in [0.1, 0.15) is 0 Å². The van der Waals surface area contributed by atoms with Gasteiger partial charge in [-0.3, -0.25) is 0 Å². The second-order valence-electron chi connectivity index (χ2n) is 32.1. The van der Waals surface area contributed by atoms with E-state index in [0.29, 0.717) is 40.8 Å². The molecule has 7 heterocycles. The van der Waals surface area contributed by atoms with Crippen molar-refractivity contribution in [2.45, 2.75) is 0 Å². The summed E-state index contributed by atoms with van der Waals surface area (Å²) in [6.07, 6.45) is 0. The first kappa shape index (κ1) is 77.5. The molecular weight excluding hydrogens is 1600 g/mol. The molecule has 0 aliphatic heterocycles. The monoisotopic (exact) mass is 1680 g/mol. The molecule has 0 amide bonds. The lowest BCUT2D eigenvalue weighted by Crippen LogP contribution is -2.00. The number of benzene rings is 18. The molecule has 7 aromatic heterocycles. The fourth-order valence-corrected chi connectivity index (χ4v) is 19.1. The van der Waals surface area contributed by atoms with Crippen molar-refractivity contribution in [3.8, 4) is 142 Å². The van der Waals surface area contributed by atoms with Gasteiger partial charge < -0.3 is 13.7 Å². The Morgan fingerprint density at radius 1 is 0.154 bits per heavy atom. The first-order chi connectivity index (χ1) is 64.4. The lowest BCUT2D eigenvalue weighted by Gasteiger charge is -2.11. The zero-order valence-electron chi connectivity index (χ0n) is 70.3. The molecule has 0 radical (unpaired) electrons. The van der Waals surface area contributed by atoms with Gasteiger partial charge >= 0.3 is 0 Å². The second-order valence-corrected chi connectivity index (χ2v) is 33.1. The Bertz CT molecular complexity index is 8200. The van der Waals surface area contributed by atoms with E-state index in [9.17, 15) is 0 Å². The number of fused-ring (bicyclic) bond motifs is 12. The van der Waals surface area contributed by atoms with Crippen LogP contribution in [0.5, 0.6) is 0 Å². The maximum absolute atomic E-state index is 4.98. The van der Waals surface area contributed by atoms with Gasteiger partial charge in [0.1, 0.15) is 0 Å². The largest absolute Gasteiger partial charge is 0.309 e. The van der Waals surface area contributed by atoms with Gasteiger partial charge in [-0.2, -0.15) is 0 Å². The average Bonchev–Trinajstić information content (AvgIpc) is 1.59. The van der Waals surface area contributed by atoms with Crippen molar-refractivity contribution < 1.29 is 0 Å². The van der Waals surface area contributed by atoms with Gasteiger partial charge in [0.15, 0.2) is 40.8 Å². The van der Waals surface area contributed by atoms with Crippen LogP contribution >= 0.6 is 11.3 Å². The SMILES string of the molecule is c1ccc(-c2cc(-c3ccccc3)nc(-c3ccc(-c4ccc(-n5c6ccccc6c6ccccc65)cc4)cc3)n2)cc1.c1ccc(-c2nc(-c3ccccc3)nc(-c3ccc(-n4c5ccccc5c5cc(-c6cccc7c6sc6ccccc67)ccc54)cc3)n2)cc1.c1ccc(-c2nc(-c3ccccc3)nc(-c3ccc(-n4c5ccccc5c5ccccc54)cc3)n2)cc1. The van der Waals surface area contributed by atoms with Crippen molar-refractivity contribution in [2.24, 2.45) is 0 Å². The molecule has 0 fully saturated rings. The molecule has 0 aliphatic carbocycles. The summed E-state index contributed by atoms with van der Waals surface area (Å²) in [7, 11) is 0. The smallest absolute Gasteiger partial charge is 0.164 e. The number of thiophene rings is 1. The molecule has 610 valence electrons. The highest BCUT2D eigenvalue weighted by molar-refractivity contribution is 7.26. The van der Waals surface area contributed by atoms with Crippen LogP contribution in [0.4, 0.5) is 0 Å². The fraction of sp³-hybridized carbons (Fsp3) is 0. The molecule has 0 atom stereocenters. The van der Waals surface area contributed by atoms with E-state index in [1.54, 1.807) is 0 Å². The van der Waals surface area contributed by atoms with E-state index >= 15 is 0 Å². The molecule has 0 saturated carbocycles. The van der Waals surface area contributed by atoms with Crippen LogP contribution in [-0.2, 0) is 0 Å². The van der Waals surface area contributed by atoms with E-state index in [1.807, 2.05) is 169 Å². The third kappa shape index (κ3) is 14.8. The van der Waals surface area contributed by atoms with Gasteiger partial charge in [-0.1, -0.05) is 352 Å². The molecule has 0 aliphatic rings. The molecule has 25 rings (SSSR count). The Labute approximate surface area is 753 Å². The van der Waals surface area contributed by atoms with Gasteiger partial charge in [0.2, 0.25) is 0 Å². The van der Waals surface area contributed by atoms with Crippen molar-refractivity contribution in [3.63, 3.8) is 0 Å². The molecule has 18 aromatic carbocycles. The Hall–Kier alpha value is -17.3. The van der Waals surface area contributed by atoms with Crippen LogP contribution in [0, 0.1) is 0 Å². The van der Waals surface area contributed by atoms with E-state index in [1.165, 1.54) is 102 Å². The molecule has 11 nitrogen and oxygen atoms in total. The maximum atomic E-state index is 4.98. The molecule has 130 heavy (non-hydrogen) atoms. The van der Waals surface area contributed by atoms with Crippen LogP contribution in [0.15, 0.2) is 467 Å². The summed E-state index contributed by atoms with van der Waals surface area (Å²) in [5.74, 6) is 4.65. The minimum Gasteiger partial charge on any atom is -0.309 e. The van der Waals surface area contributed by atoms with Crippen LogP contribution in [0.2, 0.25) is 0 Å². The summed E-state index contributed by atoms with van der Waals surface area (Å²) >= 11 is 1.87. The minimum atomic E-state index is 0.645. The number of hydrogen-bond donors (Lipinski definition) is 0. The van der Waals surface area contributed by atoms with E-state index in [0.717, 1.165) is 84.1 Å². The predicted octanol–water partition coefficient (Wildman–Crippen LogP) is 30.2. The molecule has 0 unspecified atom stereocenters. The van der Waals surface area contributed by atoms with Crippen LogP contribution in [-0.4, -0.2) is 53.6 Å². The van der Waals surface area contributed by atoms with Crippen LogP contribution in [0.25, 0.3) is 227 Å². The zero-order valence-corrected chi connectivity index (χ0v) is 71.1. The van der Waals surface area contributed by atoms with Gasteiger partial charge in [0.05, 0.1) is 44.5 Å². The first-order valence-electron chi connectivity index (χ1n) is 43.5. The van der Waals surface area contributed by atoms with Gasteiger partial charge in [-0.25, -0.2) is 39.9 Å². The van der Waals surface area contributed by atoms with E-state index in [-0.39, 0.29) is 0 Å². The average molecular weight is 1680 g/mol. The summed E-state index contributed by atoms with van der Waals surface area (Å²) in [5.41, 5.74) is 26.0. The normalized spacial score (nSPS) is 11.4. The summed E-state index contributed by atoms with van der Waals surface area (Å²) < 4.78 is 9.67. The summed E-state index contributed by atoms with van der Waals surface area (Å²) in [4.78, 5) is 39.2. The number of aromatic nitrogens is 11.